The lowest BCUT2D eigenvalue weighted by Gasteiger charge is -2.37. The van der Waals surface area contributed by atoms with E-state index in [1.807, 2.05) is 11.3 Å². The molecule has 0 saturated heterocycles. The van der Waals surface area contributed by atoms with Crippen LogP contribution in [0.5, 0.6) is 0 Å². The molecule has 17 heavy (non-hydrogen) atoms. The van der Waals surface area contributed by atoms with Crippen LogP contribution in [0.25, 0.3) is 0 Å². The fraction of sp³-hybridized carbons (Fsp3) is 0.733. The van der Waals surface area contributed by atoms with Crippen LogP contribution in [-0.4, -0.2) is 12.1 Å². The van der Waals surface area contributed by atoms with Crippen molar-refractivity contribution in [3.05, 3.63) is 22.4 Å². The van der Waals surface area contributed by atoms with Gasteiger partial charge in [-0.15, -0.1) is 11.3 Å². The van der Waals surface area contributed by atoms with Gasteiger partial charge in [0.2, 0.25) is 0 Å². The number of hydrogen-bond donors (Lipinski definition) is 1. The van der Waals surface area contributed by atoms with Crippen molar-refractivity contribution in [2.75, 3.05) is 6.54 Å². The average Bonchev–Trinajstić information content (AvgIpc) is 2.66. The smallest absolute Gasteiger partial charge is 0.00967 e. The summed E-state index contributed by atoms with van der Waals surface area (Å²) in [5.41, 5.74) is 0.531. The third-order valence-corrected chi connectivity index (χ3v) is 4.45. The summed E-state index contributed by atoms with van der Waals surface area (Å²) in [7, 11) is 0. The molecule has 0 fully saturated rings. The average molecular weight is 253 g/mol. The minimum atomic E-state index is 0.200. The summed E-state index contributed by atoms with van der Waals surface area (Å²) in [6.07, 6.45) is 1.17. The highest BCUT2D eigenvalue weighted by Gasteiger charge is 2.30. The molecule has 0 spiro atoms. The molecule has 0 aliphatic carbocycles. The van der Waals surface area contributed by atoms with E-state index in [1.165, 1.54) is 11.3 Å². The van der Waals surface area contributed by atoms with Crippen LogP contribution < -0.4 is 5.32 Å². The third kappa shape index (κ3) is 4.81. The Morgan fingerprint density at radius 2 is 1.88 bits per heavy atom. The maximum Gasteiger partial charge on any atom is 0.00967 e. The SMILES string of the molecule is CC(C)C(C)(CNC(C)(C)C)Cc1cccs1. The molecule has 0 aromatic carbocycles. The normalized spacial score (nSPS) is 16.2. The van der Waals surface area contributed by atoms with Gasteiger partial charge < -0.3 is 5.32 Å². The lowest BCUT2D eigenvalue weighted by atomic mass is 9.75. The predicted molar refractivity (Wildman–Crippen MR) is 78.7 cm³/mol. The van der Waals surface area contributed by atoms with E-state index in [0.717, 1.165) is 6.54 Å². The second-order valence-corrected chi connectivity index (χ2v) is 7.70. The van der Waals surface area contributed by atoms with E-state index in [0.29, 0.717) is 11.3 Å². The third-order valence-electron chi connectivity index (χ3n) is 3.57. The minimum absolute atomic E-state index is 0.200. The van der Waals surface area contributed by atoms with Crippen LogP contribution in [0.1, 0.15) is 46.4 Å². The maximum atomic E-state index is 3.66. The molecule has 1 atom stereocenters. The molecule has 1 nitrogen and oxygen atoms in total. The van der Waals surface area contributed by atoms with Gasteiger partial charge in [-0.25, -0.2) is 0 Å². The summed E-state index contributed by atoms with van der Waals surface area (Å²) in [6, 6.07) is 4.40. The molecular formula is C15H27NS. The zero-order valence-electron chi connectivity index (χ0n) is 12.1. The topological polar surface area (TPSA) is 12.0 Å². The van der Waals surface area contributed by atoms with E-state index < -0.39 is 0 Å². The van der Waals surface area contributed by atoms with Gasteiger partial charge in [0.25, 0.3) is 0 Å². The lowest BCUT2D eigenvalue weighted by molar-refractivity contribution is 0.189. The Hall–Kier alpha value is -0.340. The van der Waals surface area contributed by atoms with Crippen molar-refractivity contribution in [3.8, 4) is 0 Å². The zero-order valence-corrected chi connectivity index (χ0v) is 12.9. The van der Waals surface area contributed by atoms with Crippen LogP contribution in [0.3, 0.4) is 0 Å². The van der Waals surface area contributed by atoms with Gasteiger partial charge in [0.05, 0.1) is 0 Å². The van der Waals surface area contributed by atoms with Gasteiger partial charge in [-0.3, -0.25) is 0 Å². The first-order valence-electron chi connectivity index (χ1n) is 6.50. The minimum Gasteiger partial charge on any atom is -0.312 e. The van der Waals surface area contributed by atoms with Crippen LogP contribution in [-0.2, 0) is 6.42 Å². The van der Waals surface area contributed by atoms with Gasteiger partial charge >= 0.3 is 0 Å². The second kappa shape index (κ2) is 5.53. The first-order valence-corrected chi connectivity index (χ1v) is 7.38. The molecule has 0 amide bonds. The van der Waals surface area contributed by atoms with Crippen LogP contribution in [0.15, 0.2) is 17.5 Å². The standard InChI is InChI=1S/C15H27NS/c1-12(2)15(6,11-16-14(3,4)5)10-13-8-7-9-17-13/h7-9,12,16H,10-11H2,1-6H3. The molecular weight excluding hydrogens is 226 g/mol. The molecule has 1 unspecified atom stereocenters. The van der Waals surface area contributed by atoms with Gasteiger partial charge in [0, 0.05) is 17.0 Å². The highest BCUT2D eigenvalue weighted by Crippen LogP contribution is 2.32. The molecule has 1 rings (SSSR count). The molecule has 1 heterocycles. The quantitative estimate of drug-likeness (QED) is 0.823. The van der Waals surface area contributed by atoms with Crippen molar-refractivity contribution >= 4 is 11.3 Å². The van der Waals surface area contributed by atoms with Crippen LogP contribution in [0.4, 0.5) is 0 Å². The molecule has 0 saturated carbocycles. The largest absolute Gasteiger partial charge is 0.312 e. The molecule has 1 N–H and O–H groups in total. The van der Waals surface area contributed by atoms with Gasteiger partial charge in [0.1, 0.15) is 0 Å². The van der Waals surface area contributed by atoms with Crippen LogP contribution >= 0.6 is 11.3 Å². The van der Waals surface area contributed by atoms with Crippen molar-refractivity contribution in [2.45, 2.75) is 53.5 Å². The van der Waals surface area contributed by atoms with Crippen molar-refractivity contribution in [3.63, 3.8) is 0 Å². The van der Waals surface area contributed by atoms with Gasteiger partial charge in [-0.1, -0.05) is 26.8 Å². The van der Waals surface area contributed by atoms with E-state index in [4.69, 9.17) is 0 Å². The Labute approximate surface area is 111 Å². The Balaban J connectivity index is 2.69. The van der Waals surface area contributed by atoms with Gasteiger partial charge in [0.15, 0.2) is 0 Å². The van der Waals surface area contributed by atoms with Crippen molar-refractivity contribution < 1.29 is 0 Å². The number of nitrogens with one attached hydrogen (secondary N) is 1. The van der Waals surface area contributed by atoms with E-state index in [9.17, 15) is 0 Å². The molecule has 0 bridgehead atoms. The van der Waals surface area contributed by atoms with Crippen molar-refractivity contribution in [1.82, 2.24) is 5.32 Å². The number of hydrogen-bond acceptors (Lipinski definition) is 2. The molecule has 1 aromatic heterocycles. The van der Waals surface area contributed by atoms with Crippen molar-refractivity contribution in [2.24, 2.45) is 11.3 Å². The maximum absolute atomic E-state index is 3.66. The highest BCUT2D eigenvalue weighted by atomic mass is 32.1. The summed E-state index contributed by atoms with van der Waals surface area (Å²) < 4.78 is 0. The van der Waals surface area contributed by atoms with Gasteiger partial charge in [-0.05, 0) is 50.0 Å². The summed E-state index contributed by atoms with van der Waals surface area (Å²) in [6.45, 7) is 14.8. The molecule has 0 aliphatic rings. The van der Waals surface area contributed by atoms with Crippen LogP contribution in [0, 0.1) is 11.3 Å². The number of rotatable bonds is 5. The molecule has 1 aromatic rings. The summed E-state index contributed by atoms with van der Waals surface area (Å²) in [5, 5.41) is 5.83. The fourth-order valence-electron chi connectivity index (χ4n) is 1.75. The fourth-order valence-corrected chi connectivity index (χ4v) is 2.65. The van der Waals surface area contributed by atoms with Crippen LogP contribution in [0.2, 0.25) is 0 Å². The van der Waals surface area contributed by atoms with E-state index >= 15 is 0 Å². The summed E-state index contributed by atoms with van der Waals surface area (Å²) in [4.78, 5) is 1.50. The number of thiophene rings is 1. The zero-order chi connectivity index (χ0) is 13.1. The Bertz CT molecular complexity index is 321. The Kier molecular flexibility index (Phi) is 4.79. The highest BCUT2D eigenvalue weighted by molar-refractivity contribution is 7.09. The van der Waals surface area contributed by atoms with E-state index in [1.54, 1.807) is 0 Å². The summed E-state index contributed by atoms with van der Waals surface area (Å²) in [5.74, 6) is 0.680. The monoisotopic (exact) mass is 253 g/mol. The van der Waals surface area contributed by atoms with Gasteiger partial charge in [-0.2, -0.15) is 0 Å². The van der Waals surface area contributed by atoms with Crippen molar-refractivity contribution in [1.29, 1.82) is 0 Å². The Morgan fingerprint density at radius 1 is 1.24 bits per heavy atom. The predicted octanol–water partition coefficient (Wildman–Crippen LogP) is 4.34. The lowest BCUT2D eigenvalue weighted by Crippen LogP contribution is -2.45. The summed E-state index contributed by atoms with van der Waals surface area (Å²) >= 11 is 1.87. The molecule has 2 heteroatoms. The van der Waals surface area contributed by atoms with E-state index in [2.05, 4.69) is 64.4 Å². The molecule has 0 radical (unpaired) electrons. The molecule has 98 valence electrons. The first kappa shape index (κ1) is 14.7. The molecule has 0 aliphatic heterocycles. The Morgan fingerprint density at radius 3 is 2.29 bits per heavy atom. The first-order chi connectivity index (χ1) is 7.73. The second-order valence-electron chi connectivity index (χ2n) is 6.67. The van der Waals surface area contributed by atoms with E-state index in [-0.39, 0.29) is 5.54 Å².